The number of aliphatic imine (C=N–C) groups is 1. The molecule has 0 saturated heterocycles. The van der Waals surface area contributed by atoms with Gasteiger partial charge in [0.15, 0.2) is 5.70 Å². The highest BCUT2D eigenvalue weighted by Crippen LogP contribution is 2.23. The van der Waals surface area contributed by atoms with Crippen LogP contribution in [0.25, 0.3) is 6.08 Å². The molecule has 26 heavy (non-hydrogen) atoms. The third kappa shape index (κ3) is 4.60. The summed E-state index contributed by atoms with van der Waals surface area (Å²) in [5.74, 6) is 0.759. The molecule has 0 radical (unpaired) electrons. The van der Waals surface area contributed by atoms with Crippen LogP contribution in [0.3, 0.4) is 0 Å². The first-order chi connectivity index (χ1) is 12.4. The molecule has 0 fully saturated rings. The first-order valence-corrected chi connectivity index (χ1v) is 8.72. The van der Waals surface area contributed by atoms with Gasteiger partial charge in [-0.15, -0.1) is 0 Å². The van der Waals surface area contributed by atoms with Crippen molar-refractivity contribution >= 4 is 17.9 Å². The lowest BCUT2D eigenvalue weighted by atomic mass is 9.87. The topological polar surface area (TPSA) is 47.9 Å². The Bertz CT molecular complexity index is 828. The molecule has 0 bridgehead atoms. The van der Waals surface area contributed by atoms with Crippen LogP contribution in [-0.2, 0) is 14.9 Å². The standard InChI is InChI=1S/C22H23NO3/c1-22(2,3)17-11-9-16(10-12-17)15-19-21(24)26-20(23-19)13-14-25-18-7-5-4-6-8-18/h4-12,15H,13-14H2,1-3H3/b19-15+. The highest BCUT2D eigenvalue weighted by molar-refractivity contribution is 6.07. The Morgan fingerprint density at radius 3 is 2.38 bits per heavy atom. The molecule has 0 spiro atoms. The number of hydrogen-bond acceptors (Lipinski definition) is 4. The fourth-order valence-electron chi connectivity index (χ4n) is 2.57. The summed E-state index contributed by atoms with van der Waals surface area (Å²) in [6.07, 6.45) is 2.20. The molecular formula is C22H23NO3. The van der Waals surface area contributed by atoms with Crippen LogP contribution >= 0.6 is 0 Å². The Labute approximate surface area is 154 Å². The predicted molar refractivity (Wildman–Crippen MR) is 103 cm³/mol. The summed E-state index contributed by atoms with van der Waals surface area (Å²) in [5, 5.41) is 0. The Balaban J connectivity index is 1.63. The number of cyclic esters (lactones) is 1. The van der Waals surface area contributed by atoms with Gasteiger partial charge in [0, 0.05) is 0 Å². The van der Waals surface area contributed by atoms with Gasteiger partial charge >= 0.3 is 5.97 Å². The Morgan fingerprint density at radius 1 is 1.04 bits per heavy atom. The SMILES string of the molecule is CC(C)(C)c1ccc(/C=C2/N=C(CCOc3ccccc3)OC2=O)cc1. The second-order valence-electron chi connectivity index (χ2n) is 7.21. The predicted octanol–water partition coefficient (Wildman–Crippen LogP) is 4.75. The zero-order chi connectivity index (χ0) is 18.6. The maximum Gasteiger partial charge on any atom is 0.363 e. The van der Waals surface area contributed by atoms with E-state index in [0.29, 0.717) is 24.6 Å². The van der Waals surface area contributed by atoms with Gasteiger partial charge in [-0.05, 0) is 34.8 Å². The number of benzene rings is 2. The summed E-state index contributed by atoms with van der Waals surface area (Å²) in [7, 11) is 0. The Kier molecular flexibility index (Phi) is 5.21. The van der Waals surface area contributed by atoms with Crippen molar-refractivity contribution in [3.63, 3.8) is 0 Å². The Hall–Kier alpha value is -2.88. The normalized spacial score (nSPS) is 15.7. The number of nitrogens with zero attached hydrogens (tertiary/aromatic N) is 1. The third-order valence-electron chi connectivity index (χ3n) is 4.07. The summed E-state index contributed by atoms with van der Waals surface area (Å²) in [6.45, 7) is 6.92. The lowest BCUT2D eigenvalue weighted by molar-refractivity contribution is -0.130. The summed E-state index contributed by atoms with van der Waals surface area (Å²) < 4.78 is 10.8. The molecule has 134 valence electrons. The smallest absolute Gasteiger partial charge is 0.363 e. The fraction of sp³-hybridized carbons (Fsp3) is 0.273. The number of ether oxygens (including phenoxy) is 2. The fourth-order valence-corrected chi connectivity index (χ4v) is 2.57. The van der Waals surface area contributed by atoms with Gasteiger partial charge in [-0.1, -0.05) is 63.2 Å². The molecule has 0 aliphatic carbocycles. The molecule has 0 aromatic heterocycles. The number of carbonyl (C=O) groups is 1. The van der Waals surface area contributed by atoms with Gasteiger partial charge in [0.2, 0.25) is 5.90 Å². The van der Waals surface area contributed by atoms with Crippen LogP contribution < -0.4 is 4.74 Å². The highest BCUT2D eigenvalue weighted by atomic mass is 16.6. The molecule has 0 atom stereocenters. The van der Waals surface area contributed by atoms with Gasteiger partial charge < -0.3 is 9.47 Å². The summed E-state index contributed by atoms with van der Waals surface area (Å²) >= 11 is 0. The first kappa shape index (κ1) is 17.9. The number of hydrogen-bond donors (Lipinski definition) is 0. The van der Waals surface area contributed by atoms with E-state index < -0.39 is 5.97 Å². The van der Waals surface area contributed by atoms with Crippen LogP contribution in [0, 0.1) is 0 Å². The molecule has 4 heteroatoms. The molecule has 1 aliphatic rings. The molecule has 1 heterocycles. The number of rotatable bonds is 5. The molecule has 0 N–H and O–H groups in total. The molecule has 0 amide bonds. The van der Waals surface area contributed by atoms with Crippen molar-refractivity contribution in [2.24, 2.45) is 4.99 Å². The van der Waals surface area contributed by atoms with Gasteiger partial charge in [-0.2, -0.15) is 0 Å². The van der Waals surface area contributed by atoms with Gasteiger partial charge in [-0.3, -0.25) is 0 Å². The van der Waals surface area contributed by atoms with E-state index in [1.165, 1.54) is 5.56 Å². The average molecular weight is 349 g/mol. The number of carbonyl (C=O) groups excluding carboxylic acids is 1. The molecule has 3 rings (SSSR count). The van der Waals surface area contributed by atoms with Gasteiger partial charge in [0.1, 0.15) is 5.75 Å². The summed E-state index contributed by atoms with van der Waals surface area (Å²) in [5.41, 5.74) is 2.59. The second-order valence-corrected chi connectivity index (χ2v) is 7.21. The minimum atomic E-state index is -0.417. The number of para-hydroxylation sites is 1. The van der Waals surface area contributed by atoms with Crippen molar-refractivity contribution in [3.05, 3.63) is 71.4 Å². The second kappa shape index (κ2) is 7.56. The average Bonchev–Trinajstić information content (AvgIpc) is 2.95. The van der Waals surface area contributed by atoms with E-state index >= 15 is 0 Å². The van der Waals surface area contributed by atoms with Gasteiger partial charge in [0.25, 0.3) is 0 Å². The van der Waals surface area contributed by atoms with Crippen molar-refractivity contribution in [1.29, 1.82) is 0 Å². The van der Waals surface area contributed by atoms with Crippen molar-refractivity contribution < 1.29 is 14.3 Å². The van der Waals surface area contributed by atoms with E-state index in [0.717, 1.165) is 11.3 Å². The Morgan fingerprint density at radius 2 is 1.73 bits per heavy atom. The molecular weight excluding hydrogens is 326 g/mol. The van der Waals surface area contributed by atoms with Crippen LogP contribution in [0.15, 0.2) is 65.3 Å². The molecule has 0 saturated carbocycles. The summed E-state index contributed by atoms with van der Waals surface area (Å²) in [6, 6.07) is 17.7. The lowest BCUT2D eigenvalue weighted by Crippen LogP contribution is -2.10. The quantitative estimate of drug-likeness (QED) is 0.578. The molecule has 2 aromatic rings. The van der Waals surface area contributed by atoms with Crippen molar-refractivity contribution in [2.45, 2.75) is 32.6 Å². The van der Waals surface area contributed by atoms with E-state index in [2.05, 4.69) is 37.9 Å². The first-order valence-electron chi connectivity index (χ1n) is 8.72. The van der Waals surface area contributed by atoms with Crippen LogP contribution in [-0.4, -0.2) is 18.5 Å². The van der Waals surface area contributed by atoms with E-state index in [1.807, 2.05) is 42.5 Å². The third-order valence-corrected chi connectivity index (χ3v) is 4.07. The largest absolute Gasteiger partial charge is 0.493 e. The minimum absolute atomic E-state index is 0.0992. The monoisotopic (exact) mass is 349 g/mol. The van der Waals surface area contributed by atoms with E-state index in [9.17, 15) is 4.79 Å². The van der Waals surface area contributed by atoms with E-state index in [4.69, 9.17) is 9.47 Å². The molecule has 1 aliphatic heterocycles. The van der Waals surface area contributed by atoms with E-state index in [1.54, 1.807) is 6.08 Å². The van der Waals surface area contributed by atoms with Crippen LogP contribution in [0.1, 0.15) is 38.3 Å². The zero-order valence-electron chi connectivity index (χ0n) is 15.4. The van der Waals surface area contributed by atoms with Crippen LogP contribution in [0.2, 0.25) is 0 Å². The zero-order valence-corrected chi connectivity index (χ0v) is 15.4. The van der Waals surface area contributed by atoms with Crippen LogP contribution in [0.5, 0.6) is 5.75 Å². The van der Waals surface area contributed by atoms with Crippen LogP contribution in [0.4, 0.5) is 0 Å². The van der Waals surface area contributed by atoms with E-state index in [-0.39, 0.29) is 5.41 Å². The van der Waals surface area contributed by atoms with Gasteiger partial charge in [-0.25, -0.2) is 9.79 Å². The summed E-state index contributed by atoms with van der Waals surface area (Å²) in [4.78, 5) is 16.3. The lowest BCUT2D eigenvalue weighted by Gasteiger charge is -2.18. The number of esters is 1. The molecule has 2 aromatic carbocycles. The van der Waals surface area contributed by atoms with Gasteiger partial charge in [0.05, 0.1) is 13.0 Å². The minimum Gasteiger partial charge on any atom is -0.493 e. The van der Waals surface area contributed by atoms with Crippen molar-refractivity contribution in [3.8, 4) is 5.75 Å². The highest BCUT2D eigenvalue weighted by Gasteiger charge is 2.22. The molecule has 4 nitrogen and oxygen atoms in total. The molecule has 0 unspecified atom stereocenters. The van der Waals surface area contributed by atoms with Crippen molar-refractivity contribution in [2.75, 3.05) is 6.61 Å². The maximum atomic E-state index is 12.0. The van der Waals surface area contributed by atoms with Crippen molar-refractivity contribution in [1.82, 2.24) is 0 Å². The maximum absolute atomic E-state index is 12.0.